The van der Waals surface area contributed by atoms with Crippen LogP contribution < -0.4 is 5.73 Å². The molecule has 2 N–H and O–H groups in total. The number of carbonyl (C=O) groups is 1. The summed E-state index contributed by atoms with van der Waals surface area (Å²) in [4.78, 5) is 15.2. The van der Waals surface area contributed by atoms with Gasteiger partial charge in [-0.05, 0) is 12.8 Å². The quantitative estimate of drug-likeness (QED) is 0.507. The van der Waals surface area contributed by atoms with Gasteiger partial charge in [0.05, 0.1) is 6.04 Å². The van der Waals surface area contributed by atoms with Gasteiger partial charge in [-0.1, -0.05) is 78.1 Å². The molecular weight excluding hydrogens is 288 g/mol. The molecule has 1 amide bonds. The average Bonchev–Trinajstić information content (AvgIpc) is 3.02. The number of unbranched alkanes of at least 4 members (excludes halogenated alkanes) is 8. The van der Waals surface area contributed by atoms with E-state index in [1.54, 1.807) is 6.33 Å². The molecule has 0 aliphatic rings. The summed E-state index contributed by atoms with van der Waals surface area (Å²) in [6.45, 7) is 4.47. The maximum atomic E-state index is 11.2. The second-order valence-corrected chi connectivity index (χ2v) is 6.47. The van der Waals surface area contributed by atoms with Crippen LogP contribution in [-0.4, -0.2) is 20.7 Å². The third kappa shape index (κ3) is 8.14. The lowest BCUT2D eigenvalue weighted by molar-refractivity contribution is 0.0990. The highest BCUT2D eigenvalue weighted by atomic mass is 16.1. The van der Waals surface area contributed by atoms with E-state index in [2.05, 4.69) is 23.9 Å². The fraction of sp³-hybridized carbons (Fsp3) is 0.833. The van der Waals surface area contributed by atoms with Crippen molar-refractivity contribution in [2.45, 2.75) is 96.9 Å². The van der Waals surface area contributed by atoms with E-state index in [9.17, 15) is 4.79 Å². The summed E-state index contributed by atoms with van der Waals surface area (Å²) < 4.78 is 1.86. The molecule has 1 aromatic heterocycles. The molecule has 0 atom stereocenters. The van der Waals surface area contributed by atoms with Gasteiger partial charge in [0.1, 0.15) is 6.33 Å². The summed E-state index contributed by atoms with van der Waals surface area (Å²) in [5.74, 6) is -0.416. The molecule has 0 fully saturated rings. The first kappa shape index (κ1) is 19.7. The van der Waals surface area contributed by atoms with Gasteiger partial charge in [-0.2, -0.15) is 0 Å². The average molecular weight is 322 g/mol. The number of hydrogen-bond donors (Lipinski definition) is 1. The molecule has 0 spiro atoms. The first-order chi connectivity index (χ1) is 11.2. The smallest absolute Gasteiger partial charge is 0.288 e. The van der Waals surface area contributed by atoms with Gasteiger partial charge in [0.15, 0.2) is 0 Å². The zero-order valence-electron chi connectivity index (χ0n) is 15.0. The predicted molar refractivity (Wildman–Crippen MR) is 94.3 cm³/mol. The number of amides is 1. The SMILES string of the molecule is CCCCCCCC(CCCCCCC)n1cnc(C(N)=O)n1. The molecule has 23 heavy (non-hydrogen) atoms. The molecule has 5 heteroatoms. The van der Waals surface area contributed by atoms with Crippen molar-refractivity contribution in [2.24, 2.45) is 5.73 Å². The topological polar surface area (TPSA) is 73.8 Å². The van der Waals surface area contributed by atoms with E-state index in [0.717, 1.165) is 12.8 Å². The van der Waals surface area contributed by atoms with Crippen LogP contribution in [0, 0.1) is 0 Å². The molecule has 132 valence electrons. The summed E-state index contributed by atoms with van der Waals surface area (Å²) in [5.41, 5.74) is 5.26. The Balaban J connectivity index is 2.47. The van der Waals surface area contributed by atoms with Crippen LogP contribution in [0.25, 0.3) is 0 Å². The fourth-order valence-electron chi connectivity index (χ4n) is 2.94. The molecule has 0 unspecified atom stereocenters. The Labute approximate surface area is 141 Å². The molecule has 5 nitrogen and oxygen atoms in total. The minimum atomic E-state index is -0.548. The molecule has 0 saturated heterocycles. The summed E-state index contributed by atoms with van der Waals surface area (Å²) in [6, 6.07) is 0.346. The van der Waals surface area contributed by atoms with E-state index in [1.807, 2.05) is 4.68 Å². The van der Waals surface area contributed by atoms with Crippen LogP contribution in [0.1, 0.15) is 108 Å². The Morgan fingerprint density at radius 1 is 1.00 bits per heavy atom. The summed E-state index contributed by atoms with van der Waals surface area (Å²) >= 11 is 0. The van der Waals surface area contributed by atoms with Crippen LogP contribution in [0.15, 0.2) is 6.33 Å². The number of nitrogens with two attached hydrogens (primary N) is 1. The lowest BCUT2D eigenvalue weighted by Crippen LogP contribution is -2.15. The zero-order valence-corrected chi connectivity index (χ0v) is 15.0. The number of aromatic nitrogens is 3. The van der Waals surface area contributed by atoms with Crippen molar-refractivity contribution in [3.05, 3.63) is 12.2 Å². The van der Waals surface area contributed by atoms with Crippen LogP contribution in [0.5, 0.6) is 0 Å². The Hall–Kier alpha value is -1.39. The second kappa shape index (κ2) is 12.1. The lowest BCUT2D eigenvalue weighted by Gasteiger charge is -2.17. The van der Waals surface area contributed by atoms with Crippen molar-refractivity contribution in [1.29, 1.82) is 0 Å². The highest BCUT2D eigenvalue weighted by Crippen LogP contribution is 2.22. The van der Waals surface area contributed by atoms with Gasteiger partial charge < -0.3 is 5.73 Å². The number of primary amides is 1. The standard InChI is InChI=1S/C18H34N4O/c1-3-5-7-9-11-13-16(14-12-10-8-6-4-2)22-15-20-18(21-22)17(19)23/h15-16H,3-14H2,1-2H3,(H2,19,23). The predicted octanol–water partition coefficient (Wildman–Crippen LogP) is 4.64. The summed E-state index contributed by atoms with van der Waals surface area (Å²) in [5, 5.41) is 4.27. The van der Waals surface area contributed by atoms with E-state index in [-0.39, 0.29) is 5.82 Å². The van der Waals surface area contributed by atoms with Crippen molar-refractivity contribution < 1.29 is 4.79 Å². The number of nitrogens with zero attached hydrogens (tertiary/aromatic N) is 3. The van der Waals surface area contributed by atoms with Crippen molar-refractivity contribution in [1.82, 2.24) is 14.8 Å². The third-order valence-corrected chi connectivity index (χ3v) is 4.38. The molecule has 0 bridgehead atoms. The normalized spacial score (nSPS) is 11.3. The van der Waals surface area contributed by atoms with Crippen LogP contribution in [0.3, 0.4) is 0 Å². The van der Waals surface area contributed by atoms with Crippen LogP contribution in [-0.2, 0) is 0 Å². The lowest BCUT2D eigenvalue weighted by atomic mass is 10.0. The first-order valence-electron chi connectivity index (χ1n) is 9.40. The molecule has 0 radical (unpaired) electrons. The summed E-state index contributed by atoms with van der Waals surface area (Å²) in [7, 11) is 0. The van der Waals surface area contributed by atoms with E-state index in [4.69, 9.17) is 5.73 Å². The van der Waals surface area contributed by atoms with Crippen LogP contribution in [0.2, 0.25) is 0 Å². The second-order valence-electron chi connectivity index (χ2n) is 6.47. The molecule has 1 aromatic rings. The van der Waals surface area contributed by atoms with Gasteiger partial charge in [-0.15, -0.1) is 5.10 Å². The molecule has 0 aliphatic heterocycles. The Morgan fingerprint density at radius 3 is 1.96 bits per heavy atom. The zero-order chi connectivity index (χ0) is 16.9. The monoisotopic (exact) mass is 322 g/mol. The fourth-order valence-corrected chi connectivity index (χ4v) is 2.94. The van der Waals surface area contributed by atoms with Gasteiger partial charge >= 0.3 is 0 Å². The van der Waals surface area contributed by atoms with Crippen LogP contribution in [0.4, 0.5) is 0 Å². The third-order valence-electron chi connectivity index (χ3n) is 4.38. The van der Waals surface area contributed by atoms with Gasteiger partial charge in [0.2, 0.25) is 5.82 Å². The Morgan fingerprint density at radius 2 is 1.52 bits per heavy atom. The van der Waals surface area contributed by atoms with Gasteiger partial charge in [0, 0.05) is 0 Å². The largest absolute Gasteiger partial charge is 0.363 e. The molecular formula is C18H34N4O. The van der Waals surface area contributed by atoms with E-state index >= 15 is 0 Å². The van der Waals surface area contributed by atoms with Crippen LogP contribution >= 0.6 is 0 Å². The first-order valence-corrected chi connectivity index (χ1v) is 9.40. The maximum Gasteiger partial charge on any atom is 0.288 e. The van der Waals surface area contributed by atoms with Crippen molar-refractivity contribution in [3.8, 4) is 0 Å². The molecule has 1 heterocycles. The maximum absolute atomic E-state index is 11.2. The molecule has 0 aromatic carbocycles. The highest BCUT2D eigenvalue weighted by Gasteiger charge is 2.15. The van der Waals surface area contributed by atoms with Crippen molar-refractivity contribution in [3.63, 3.8) is 0 Å². The Bertz CT molecular complexity index is 416. The van der Waals surface area contributed by atoms with Gasteiger partial charge in [-0.25, -0.2) is 9.67 Å². The van der Waals surface area contributed by atoms with E-state index in [1.165, 1.54) is 64.2 Å². The highest BCUT2D eigenvalue weighted by molar-refractivity contribution is 5.88. The van der Waals surface area contributed by atoms with Crippen molar-refractivity contribution in [2.75, 3.05) is 0 Å². The van der Waals surface area contributed by atoms with E-state index < -0.39 is 5.91 Å². The number of carbonyl (C=O) groups excluding carboxylic acids is 1. The number of hydrogen-bond acceptors (Lipinski definition) is 3. The number of rotatable bonds is 14. The minimum Gasteiger partial charge on any atom is -0.363 e. The minimum absolute atomic E-state index is 0.131. The van der Waals surface area contributed by atoms with Gasteiger partial charge in [0.25, 0.3) is 5.91 Å². The summed E-state index contributed by atoms with van der Waals surface area (Å²) in [6.07, 6.45) is 16.7. The Kier molecular flexibility index (Phi) is 10.3. The van der Waals surface area contributed by atoms with Gasteiger partial charge in [-0.3, -0.25) is 4.79 Å². The molecule has 1 rings (SSSR count). The molecule has 0 saturated carbocycles. The van der Waals surface area contributed by atoms with E-state index in [0.29, 0.717) is 6.04 Å². The molecule has 0 aliphatic carbocycles. The van der Waals surface area contributed by atoms with Crippen molar-refractivity contribution >= 4 is 5.91 Å².